The van der Waals surface area contributed by atoms with Crippen molar-refractivity contribution in [1.82, 2.24) is 4.72 Å². The van der Waals surface area contributed by atoms with Crippen molar-refractivity contribution in [3.63, 3.8) is 0 Å². The van der Waals surface area contributed by atoms with Crippen molar-refractivity contribution in [1.29, 1.82) is 0 Å². The molecule has 0 unspecified atom stereocenters. The first-order valence-corrected chi connectivity index (χ1v) is 9.60. The molecular weight excluding hydrogens is 326 g/mol. The van der Waals surface area contributed by atoms with Crippen LogP contribution in [0.1, 0.15) is 23.5 Å². The second kappa shape index (κ2) is 6.65. The summed E-state index contributed by atoms with van der Waals surface area (Å²) in [4.78, 5) is 11.8. The normalized spacial score (nSPS) is 19.5. The molecule has 0 heterocycles. The fraction of sp³-hybridized carbons (Fsp3) is 0.278. The molecule has 2 atom stereocenters. The average molecular weight is 345 g/mol. The molecule has 0 bridgehead atoms. The number of sulfonamides is 1. The van der Waals surface area contributed by atoms with Crippen molar-refractivity contribution in [3.05, 3.63) is 65.7 Å². The summed E-state index contributed by atoms with van der Waals surface area (Å²) in [6, 6.07) is 17.5. The van der Waals surface area contributed by atoms with E-state index in [2.05, 4.69) is 0 Å². The maximum Gasteiger partial charge on any atom is 0.237 e. The molecule has 1 fully saturated rings. The quantitative estimate of drug-likeness (QED) is 0.873. The van der Waals surface area contributed by atoms with E-state index >= 15 is 0 Å². The molecule has 1 saturated carbocycles. The van der Waals surface area contributed by atoms with Crippen LogP contribution in [0.25, 0.3) is 0 Å². The summed E-state index contributed by atoms with van der Waals surface area (Å²) >= 11 is 0. The number of benzene rings is 2. The highest BCUT2D eigenvalue weighted by molar-refractivity contribution is 7.89. The number of hydrogen-bond acceptors (Lipinski definition) is 4. The zero-order valence-corrected chi connectivity index (χ0v) is 14.1. The van der Waals surface area contributed by atoms with E-state index in [1.165, 1.54) is 0 Å². The van der Waals surface area contributed by atoms with Crippen LogP contribution in [0, 0.1) is 5.92 Å². The molecule has 2 aromatic carbocycles. The lowest BCUT2D eigenvalue weighted by molar-refractivity contribution is -0.120. The van der Waals surface area contributed by atoms with Gasteiger partial charge in [0.2, 0.25) is 15.9 Å². The smallest absolute Gasteiger partial charge is 0.237 e. The van der Waals surface area contributed by atoms with Crippen molar-refractivity contribution in [2.45, 2.75) is 18.9 Å². The minimum atomic E-state index is -3.49. The van der Waals surface area contributed by atoms with Gasteiger partial charge in [-0.25, -0.2) is 8.42 Å². The first-order chi connectivity index (χ1) is 11.4. The van der Waals surface area contributed by atoms with Gasteiger partial charge in [0.05, 0.1) is 6.26 Å². The molecule has 0 aliphatic heterocycles. The van der Waals surface area contributed by atoms with E-state index < -0.39 is 15.9 Å². The van der Waals surface area contributed by atoms with Crippen molar-refractivity contribution >= 4 is 15.9 Å². The zero-order valence-electron chi connectivity index (χ0n) is 13.3. The number of rotatable bonds is 6. The van der Waals surface area contributed by atoms with Crippen LogP contribution in [0.5, 0.6) is 5.75 Å². The highest BCUT2D eigenvalue weighted by atomic mass is 32.2. The molecule has 2 aromatic rings. The molecule has 1 amide bonds. The van der Waals surface area contributed by atoms with Crippen LogP contribution in [-0.4, -0.2) is 20.6 Å². The first kappa shape index (κ1) is 16.5. The molecule has 5 nitrogen and oxygen atoms in total. The highest BCUT2D eigenvalue weighted by Crippen LogP contribution is 2.47. The second-order valence-electron chi connectivity index (χ2n) is 6.03. The first-order valence-electron chi connectivity index (χ1n) is 7.71. The number of ether oxygens (including phenoxy) is 1. The van der Waals surface area contributed by atoms with Crippen LogP contribution in [0.4, 0.5) is 0 Å². The fourth-order valence-electron chi connectivity index (χ4n) is 2.66. The van der Waals surface area contributed by atoms with Crippen molar-refractivity contribution in [2.75, 3.05) is 6.26 Å². The molecule has 3 rings (SSSR count). The topological polar surface area (TPSA) is 72.5 Å². The molecule has 126 valence electrons. The largest absolute Gasteiger partial charge is 0.489 e. The minimum Gasteiger partial charge on any atom is -0.489 e. The molecular formula is C18H19NO4S. The third-order valence-electron chi connectivity index (χ3n) is 3.97. The molecule has 6 heteroatoms. The van der Waals surface area contributed by atoms with E-state index in [1.54, 1.807) is 0 Å². The Hall–Kier alpha value is -2.34. The lowest BCUT2D eigenvalue weighted by atomic mass is 10.1. The Labute approximate surface area is 141 Å². The third-order valence-corrected chi connectivity index (χ3v) is 4.54. The Morgan fingerprint density at radius 3 is 2.42 bits per heavy atom. The van der Waals surface area contributed by atoms with E-state index in [4.69, 9.17) is 4.74 Å². The van der Waals surface area contributed by atoms with Gasteiger partial charge in [-0.2, -0.15) is 0 Å². The van der Waals surface area contributed by atoms with Gasteiger partial charge in [-0.3, -0.25) is 9.52 Å². The maximum atomic E-state index is 11.8. The SMILES string of the molecule is CS(=O)(=O)NC(=O)[C@H]1C[C@H]1c1ccc(OCc2ccccc2)cc1. The molecule has 0 radical (unpaired) electrons. The van der Waals surface area contributed by atoms with Crippen molar-refractivity contribution in [3.8, 4) is 5.75 Å². The van der Waals surface area contributed by atoms with Gasteiger partial charge in [0.15, 0.2) is 0 Å². The Balaban J connectivity index is 1.55. The molecule has 1 aliphatic rings. The molecule has 0 saturated heterocycles. The van der Waals surface area contributed by atoms with Crippen LogP contribution in [0.3, 0.4) is 0 Å². The molecule has 0 aromatic heterocycles. The van der Waals surface area contributed by atoms with E-state index in [1.807, 2.05) is 59.3 Å². The zero-order chi connectivity index (χ0) is 17.2. The molecule has 0 spiro atoms. The van der Waals surface area contributed by atoms with Crippen LogP contribution in [0.15, 0.2) is 54.6 Å². The summed E-state index contributed by atoms with van der Waals surface area (Å²) in [5, 5.41) is 0. The van der Waals surface area contributed by atoms with Gasteiger partial charge in [-0.1, -0.05) is 42.5 Å². The minimum absolute atomic E-state index is 0.0786. The predicted octanol–water partition coefficient (Wildman–Crippen LogP) is 2.44. The summed E-state index contributed by atoms with van der Waals surface area (Å²) in [6.07, 6.45) is 1.66. The number of carbonyl (C=O) groups is 1. The Bertz CT molecular complexity index is 816. The van der Waals surface area contributed by atoms with E-state index in [9.17, 15) is 13.2 Å². The van der Waals surface area contributed by atoms with Crippen LogP contribution >= 0.6 is 0 Å². The lowest BCUT2D eigenvalue weighted by Crippen LogP contribution is -2.30. The standard InChI is InChI=1S/C18H19NO4S/c1-24(21,22)19-18(20)17-11-16(17)14-7-9-15(10-8-14)23-12-13-5-3-2-4-6-13/h2-10,16-17H,11-12H2,1H3,(H,19,20)/t16-,17-/m0/s1. The van der Waals surface area contributed by atoms with Crippen molar-refractivity contribution < 1.29 is 17.9 Å². The van der Waals surface area contributed by atoms with Gasteiger partial charge in [0.25, 0.3) is 0 Å². The molecule has 1 aliphatic carbocycles. The fourth-order valence-corrected chi connectivity index (χ4v) is 3.18. The van der Waals surface area contributed by atoms with E-state index in [-0.39, 0.29) is 11.8 Å². The number of amides is 1. The highest BCUT2D eigenvalue weighted by Gasteiger charge is 2.44. The van der Waals surface area contributed by atoms with Gasteiger partial charge in [0, 0.05) is 5.92 Å². The van der Waals surface area contributed by atoms with Gasteiger partial charge in [-0.15, -0.1) is 0 Å². The third kappa shape index (κ3) is 4.35. The van der Waals surface area contributed by atoms with Crippen LogP contribution in [-0.2, 0) is 21.4 Å². The Morgan fingerprint density at radius 1 is 1.12 bits per heavy atom. The summed E-state index contributed by atoms with van der Waals surface area (Å²) in [6.45, 7) is 0.503. The van der Waals surface area contributed by atoms with Gasteiger partial charge >= 0.3 is 0 Å². The number of hydrogen-bond donors (Lipinski definition) is 1. The van der Waals surface area contributed by atoms with Crippen molar-refractivity contribution in [2.24, 2.45) is 5.92 Å². The second-order valence-corrected chi connectivity index (χ2v) is 7.78. The Kier molecular flexibility index (Phi) is 4.57. The average Bonchev–Trinajstić information content (AvgIpc) is 3.34. The lowest BCUT2D eigenvalue weighted by Gasteiger charge is -2.07. The number of nitrogens with one attached hydrogen (secondary N) is 1. The predicted molar refractivity (Wildman–Crippen MR) is 91.1 cm³/mol. The van der Waals surface area contributed by atoms with Gasteiger partial charge in [0.1, 0.15) is 12.4 Å². The van der Waals surface area contributed by atoms with E-state index in [0.717, 1.165) is 23.1 Å². The summed E-state index contributed by atoms with van der Waals surface area (Å²) in [7, 11) is -3.49. The summed E-state index contributed by atoms with van der Waals surface area (Å²) in [5.74, 6) is 0.151. The van der Waals surface area contributed by atoms with Crippen LogP contribution in [0.2, 0.25) is 0 Å². The molecule has 1 N–H and O–H groups in total. The monoisotopic (exact) mass is 345 g/mol. The van der Waals surface area contributed by atoms with Gasteiger partial charge < -0.3 is 4.74 Å². The van der Waals surface area contributed by atoms with Gasteiger partial charge in [-0.05, 0) is 35.6 Å². The summed E-state index contributed by atoms with van der Waals surface area (Å²) in [5.41, 5.74) is 2.12. The summed E-state index contributed by atoms with van der Waals surface area (Å²) < 4.78 is 30.0. The van der Waals surface area contributed by atoms with Crippen LogP contribution < -0.4 is 9.46 Å². The van der Waals surface area contributed by atoms with E-state index in [0.29, 0.717) is 13.0 Å². The molecule has 24 heavy (non-hydrogen) atoms. The number of carbonyl (C=O) groups excluding carboxylic acids is 1. The Morgan fingerprint density at radius 2 is 1.79 bits per heavy atom. The maximum absolute atomic E-state index is 11.8.